The van der Waals surface area contributed by atoms with E-state index in [2.05, 4.69) is 0 Å². The van der Waals surface area contributed by atoms with Crippen molar-refractivity contribution in [2.75, 3.05) is 0 Å². The fourth-order valence-corrected chi connectivity index (χ4v) is 2.66. The van der Waals surface area contributed by atoms with Gasteiger partial charge in [-0.05, 0) is 18.4 Å². The first-order valence-corrected chi connectivity index (χ1v) is 5.43. The molecule has 14 heavy (non-hydrogen) atoms. The second-order valence-corrected chi connectivity index (χ2v) is 4.87. The van der Waals surface area contributed by atoms with Gasteiger partial charge in [-0.25, -0.2) is 0 Å². The van der Waals surface area contributed by atoms with E-state index in [1.165, 1.54) is 0 Å². The smallest absolute Gasteiger partial charge is 0.137 e. The Bertz CT molecular complexity index is 303. The van der Waals surface area contributed by atoms with Gasteiger partial charge in [0.1, 0.15) is 16.1 Å². The fraction of sp³-hybridized carbons (Fsp3) is 0.600. The van der Waals surface area contributed by atoms with E-state index >= 15 is 0 Å². The van der Waals surface area contributed by atoms with Gasteiger partial charge in [-0.2, -0.15) is 0 Å². The predicted molar refractivity (Wildman–Crippen MR) is 54.2 cm³/mol. The van der Waals surface area contributed by atoms with Gasteiger partial charge in [0, 0.05) is 24.7 Å². The average molecular weight is 233 g/mol. The lowest BCUT2D eigenvalue weighted by Gasteiger charge is -2.21. The summed E-state index contributed by atoms with van der Waals surface area (Å²) in [6.07, 6.45) is 1.95. The van der Waals surface area contributed by atoms with Gasteiger partial charge in [0.25, 0.3) is 0 Å². The molecule has 0 saturated heterocycles. The molecule has 2 aliphatic rings. The Hall–Kier alpha value is -0.340. The van der Waals surface area contributed by atoms with Crippen molar-refractivity contribution in [1.82, 2.24) is 0 Å². The maximum atomic E-state index is 11.5. The molecule has 4 heteroatoms. The molecular weight excluding hydrogens is 223 g/mol. The van der Waals surface area contributed by atoms with Gasteiger partial charge in [-0.15, -0.1) is 0 Å². The van der Waals surface area contributed by atoms with Gasteiger partial charge in [0.05, 0.1) is 0 Å². The van der Waals surface area contributed by atoms with E-state index in [-0.39, 0.29) is 27.9 Å². The monoisotopic (exact) mass is 232 g/mol. The summed E-state index contributed by atoms with van der Waals surface area (Å²) < 4.78 is 0.236. The summed E-state index contributed by atoms with van der Waals surface area (Å²) in [5, 5.41) is 0. The van der Waals surface area contributed by atoms with E-state index < -0.39 is 0 Å². The molecule has 0 radical (unpaired) electrons. The first-order chi connectivity index (χ1) is 6.59. The fourth-order valence-electron chi connectivity index (χ4n) is 2.35. The minimum absolute atomic E-state index is 0.140. The second-order valence-electron chi connectivity index (χ2n) is 3.92. The van der Waals surface area contributed by atoms with Crippen LogP contribution in [0.2, 0.25) is 0 Å². The molecule has 0 heterocycles. The standard InChI is InChI=1S/C10H10Cl2O2/c11-10(12)5-3-6-7(4-5)9(14)2-1-8(6)13/h6-7H,1-4H2. The number of Topliss-reactive ketones (excluding diaryl/α,β-unsaturated/α-hetero) is 2. The van der Waals surface area contributed by atoms with E-state index in [0.717, 1.165) is 5.57 Å². The average Bonchev–Trinajstić information content (AvgIpc) is 2.57. The summed E-state index contributed by atoms with van der Waals surface area (Å²) in [7, 11) is 0. The number of halogens is 2. The van der Waals surface area contributed by atoms with Gasteiger partial charge < -0.3 is 0 Å². The molecule has 2 aliphatic carbocycles. The van der Waals surface area contributed by atoms with Crippen molar-refractivity contribution in [2.24, 2.45) is 11.8 Å². The number of hydrogen-bond acceptors (Lipinski definition) is 2. The molecule has 2 rings (SSSR count). The topological polar surface area (TPSA) is 34.1 Å². The van der Waals surface area contributed by atoms with Crippen molar-refractivity contribution >= 4 is 34.8 Å². The quantitative estimate of drug-likeness (QED) is 0.644. The zero-order valence-corrected chi connectivity index (χ0v) is 9.07. The third-order valence-electron chi connectivity index (χ3n) is 3.13. The summed E-state index contributed by atoms with van der Waals surface area (Å²) >= 11 is 11.3. The highest BCUT2D eigenvalue weighted by atomic mass is 35.5. The Balaban J connectivity index is 2.26. The maximum Gasteiger partial charge on any atom is 0.137 e. The van der Waals surface area contributed by atoms with Crippen molar-refractivity contribution in [3.05, 3.63) is 10.1 Å². The van der Waals surface area contributed by atoms with Crippen LogP contribution in [0.5, 0.6) is 0 Å². The summed E-state index contributed by atoms with van der Waals surface area (Å²) in [6.45, 7) is 0. The van der Waals surface area contributed by atoms with E-state index in [4.69, 9.17) is 23.2 Å². The Morgan fingerprint density at radius 2 is 1.43 bits per heavy atom. The Morgan fingerprint density at radius 3 is 1.79 bits per heavy atom. The molecule has 0 aliphatic heterocycles. The van der Waals surface area contributed by atoms with Gasteiger partial charge in [0.15, 0.2) is 0 Å². The highest BCUT2D eigenvalue weighted by Crippen LogP contribution is 2.43. The Labute approximate surface area is 92.3 Å². The first kappa shape index (κ1) is 10.2. The number of carbonyl (C=O) groups is 2. The summed E-state index contributed by atoms with van der Waals surface area (Å²) in [5.74, 6) is 0.107. The van der Waals surface area contributed by atoms with E-state index in [1.54, 1.807) is 0 Å². The van der Waals surface area contributed by atoms with Crippen molar-refractivity contribution in [3.8, 4) is 0 Å². The molecule has 0 aromatic carbocycles. The second kappa shape index (κ2) is 3.67. The van der Waals surface area contributed by atoms with Crippen LogP contribution < -0.4 is 0 Å². The highest BCUT2D eigenvalue weighted by Gasteiger charge is 2.43. The van der Waals surface area contributed by atoms with Crippen LogP contribution in [0.1, 0.15) is 25.7 Å². The van der Waals surface area contributed by atoms with Gasteiger partial charge in [0.2, 0.25) is 0 Å². The normalized spacial score (nSPS) is 32.0. The third-order valence-corrected chi connectivity index (χ3v) is 3.67. The molecule has 2 unspecified atom stereocenters. The lowest BCUT2D eigenvalue weighted by atomic mass is 9.80. The summed E-state index contributed by atoms with van der Waals surface area (Å²) in [4.78, 5) is 23.1. The summed E-state index contributed by atoms with van der Waals surface area (Å²) in [6, 6.07) is 0. The molecular formula is C10H10Cl2O2. The van der Waals surface area contributed by atoms with Crippen LogP contribution in [0.3, 0.4) is 0 Å². The minimum atomic E-state index is -0.140. The molecule has 76 valence electrons. The van der Waals surface area contributed by atoms with E-state index in [1.807, 2.05) is 0 Å². The number of carbonyl (C=O) groups excluding carboxylic acids is 2. The predicted octanol–water partition coefficient (Wildman–Crippen LogP) is 2.63. The molecule has 0 N–H and O–H groups in total. The van der Waals surface area contributed by atoms with Gasteiger partial charge >= 0.3 is 0 Å². The highest BCUT2D eigenvalue weighted by molar-refractivity contribution is 6.56. The van der Waals surface area contributed by atoms with Crippen LogP contribution in [0, 0.1) is 11.8 Å². The third kappa shape index (κ3) is 1.61. The van der Waals surface area contributed by atoms with Crippen molar-refractivity contribution in [1.29, 1.82) is 0 Å². The zero-order chi connectivity index (χ0) is 10.3. The van der Waals surface area contributed by atoms with E-state index in [0.29, 0.717) is 25.7 Å². The first-order valence-electron chi connectivity index (χ1n) is 4.68. The lowest BCUT2D eigenvalue weighted by molar-refractivity contribution is -0.136. The van der Waals surface area contributed by atoms with Crippen LogP contribution >= 0.6 is 23.2 Å². The molecule has 2 saturated carbocycles. The zero-order valence-electron chi connectivity index (χ0n) is 7.56. The molecule has 2 atom stereocenters. The largest absolute Gasteiger partial charge is 0.299 e. The van der Waals surface area contributed by atoms with Gasteiger partial charge in [-0.3, -0.25) is 9.59 Å². The molecule has 0 spiro atoms. The minimum Gasteiger partial charge on any atom is -0.299 e. The van der Waals surface area contributed by atoms with Crippen LogP contribution in [-0.4, -0.2) is 11.6 Å². The van der Waals surface area contributed by atoms with Gasteiger partial charge in [-0.1, -0.05) is 23.2 Å². The van der Waals surface area contributed by atoms with E-state index in [9.17, 15) is 9.59 Å². The summed E-state index contributed by atoms with van der Waals surface area (Å²) in [5.41, 5.74) is 0.868. The van der Waals surface area contributed by atoms with Crippen LogP contribution in [0.15, 0.2) is 10.1 Å². The van der Waals surface area contributed by atoms with Crippen molar-refractivity contribution in [2.45, 2.75) is 25.7 Å². The van der Waals surface area contributed by atoms with Crippen molar-refractivity contribution < 1.29 is 9.59 Å². The molecule has 0 aromatic rings. The molecule has 0 amide bonds. The number of ketones is 2. The molecule has 0 bridgehead atoms. The lowest BCUT2D eigenvalue weighted by Crippen LogP contribution is -2.31. The van der Waals surface area contributed by atoms with Crippen LogP contribution in [0.4, 0.5) is 0 Å². The number of hydrogen-bond donors (Lipinski definition) is 0. The van der Waals surface area contributed by atoms with Crippen LogP contribution in [-0.2, 0) is 9.59 Å². The number of rotatable bonds is 0. The number of allylic oxidation sites excluding steroid dienone is 1. The van der Waals surface area contributed by atoms with Crippen molar-refractivity contribution in [3.63, 3.8) is 0 Å². The molecule has 0 aromatic heterocycles. The van der Waals surface area contributed by atoms with Crippen LogP contribution in [0.25, 0.3) is 0 Å². The Kier molecular flexibility index (Phi) is 2.67. The maximum absolute atomic E-state index is 11.5. The molecule has 2 fully saturated rings. The Morgan fingerprint density at radius 1 is 1.00 bits per heavy atom. The number of fused-ring (bicyclic) bond motifs is 1. The SMILES string of the molecule is O=C1CCC(=O)C2CC(=C(Cl)Cl)CC12. The molecule has 2 nitrogen and oxygen atoms in total.